The van der Waals surface area contributed by atoms with E-state index in [0.717, 1.165) is 17.0 Å². The van der Waals surface area contributed by atoms with E-state index in [1.54, 1.807) is 18.1 Å². The van der Waals surface area contributed by atoms with Crippen LogP contribution in [0, 0.1) is 0 Å². The molecule has 13 heavy (non-hydrogen) atoms. The molecule has 1 amide bonds. The smallest absolute Gasteiger partial charge is 0.259 e. The van der Waals surface area contributed by atoms with Crippen LogP contribution in [0.4, 0.5) is 5.82 Å². The molecular weight excluding hydrogens is 164 g/mol. The minimum absolute atomic E-state index is 0.0243. The van der Waals surface area contributed by atoms with Crippen molar-refractivity contribution in [1.82, 2.24) is 4.98 Å². The van der Waals surface area contributed by atoms with Crippen LogP contribution in [0.1, 0.15) is 12.5 Å². The molecule has 0 bridgehead atoms. The summed E-state index contributed by atoms with van der Waals surface area (Å²) >= 11 is 0. The molecule has 3 nitrogen and oxygen atoms in total. The number of amides is 1. The summed E-state index contributed by atoms with van der Waals surface area (Å²) in [7, 11) is 1.74. The fraction of sp³-hybridized carbons (Fsp3) is 0.200. The van der Waals surface area contributed by atoms with Crippen LogP contribution >= 0.6 is 0 Å². The minimum Gasteiger partial charge on any atom is -0.295 e. The van der Waals surface area contributed by atoms with Gasteiger partial charge in [-0.25, -0.2) is 4.98 Å². The highest BCUT2D eigenvalue weighted by molar-refractivity contribution is 6.31. The van der Waals surface area contributed by atoms with Gasteiger partial charge in [0, 0.05) is 24.4 Å². The Balaban J connectivity index is 2.67. The summed E-state index contributed by atoms with van der Waals surface area (Å²) in [6.45, 7) is 1.86. The summed E-state index contributed by atoms with van der Waals surface area (Å²) in [5.41, 5.74) is 1.67. The summed E-state index contributed by atoms with van der Waals surface area (Å²) in [6, 6.07) is 3.76. The maximum Gasteiger partial charge on any atom is 0.259 e. The first-order chi connectivity index (χ1) is 6.25. The van der Waals surface area contributed by atoms with Gasteiger partial charge in [0.05, 0.1) is 0 Å². The van der Waals surface area contributed by atoms with Crippen molar-refractivity contribution in [3.8, 4) is 0 Å². The van der Waals surface area contributed by atoms with Crippen molar-refractivity contribution in [2.75, 3.05) is 11.9 Å². The van der Waals surface area contributed by atoms with Crippen LogP contribution in [0.15, 0.2) is 24.4 Å². The molecule has 0 N–H and O–H groups in total. The third-order valence-corrected chi connectivity index (χ3v) is 2.22. The average Bonchev–Trinajstić information content (AvgIpc) is 2.41. The molecule has 2 heterocycles. The van der Waals surface area contributed by atoms with Crippen LogP contribution in [-0.2, 0) is 4.79 Å². The number of carbonyl (C=O) groups is 1. The highest BCUT2D eigenvalue weighted by Crippen LogP contribution is 2.32. The number of hydrogen-bond donors (Lipinski definition) is 0. The number of rotatable bonds is 0. The molecule has 1 aliphatic rings. The van der Waals surface area contributed by atoms with Gasteiger partial charge in [0.1, 0.15) is 5.82 Å². The lowest BCUT2D eigenvalue weighted by atomic mass is 10.1. The zero-order valence-electron chi connectivity index (χ0n) is 7.61. The second kappa shape index (κ2) is 2.69. The fourth-order valence-corrected chi connectivity index (χ4v) is 1.55. The van der Waals surface area contributed by atoms with Crippen molar-refractivity contribution >= 4 is 17.3 Å². The molecule has 0 atom stereocenters. The van der Waals surface area contributed by atoms with E-state index in [4.69, 9.17) is 0 Å². The highest BCUT2D eigenvalue weighted by atomic mass is 16.2. The molecular formula is C10H10N2O. The summed E-state index contributed by atoms with van der Waals surface area (Å²) in [6.07, 6.45) is 3.52. The summed E-state index contributed by atoms with van der Waals surface area (Å²) in [5, 5.41) is 0. The number of nitrogens with zero attached hydrogens (tertiary/aromatic N) is 2. The molecule has 1 aromatic rings. The van der Waals surface area contributed by atoms with E-state index in [1.807, 2.05) is 25.1 Å². The lowest BCUT2D eigenvalue weighted by molar-refractivity contribution is -0.112. The van der Waals surface area contributed by atoms with Gasteiger partial charge in [0.2, 0.25) is 0 Å². The first-order valence-electron chi connectivity index (χ1n) is 4.15. The molecule has 0 radical (unpaired) electrons. The van der Waals surface area contributed by atoms with Gasteiger partial charge in [-0.1, -0.05) is 6.08 Å². The summed E-state index contributed by atoms with van der Waals surface area (Å²) in [5.74, 6) is 0.775. The number of anilines is 1. The quantitative estimate of drug-likeness (QED) is 0.558. The Bertz CT molecular complexity index is 396. The number of allylic oxidation sites excluding steroid dienone is 1. The Morgan fingerprint density at radius 1 is 1.54 bits per heavy atom. The predicted octanol–water partition coefficient (Wildman–Crippen LogP) is 1.46. The normalized spacial score (nSPS) is 18.2. The van der Waals surface area contributed by atoms with Gasteiger partial charge in [-0.2, -0.15) is 0 Å². The topological polar surface area (TPSA) is 33.2 Å². The molecule has 0 fully saturated rings. The molecule has 0 aliphatic carbocycles. The Morgan fingerprint density at radius 3 is 3.00 bits per heavy atom. The molecule has 3 heteroatoms. The molecule has 0 spiro atoms. The lowest BCUT2D eigenvalue weighted by Gasteiger charge is -2.06. The van der Waals surface area contributed by atoms with Crippen LogP contribution < -0.4 is 4.90 Å². The molecule has 66 valence electrons. The zero-order chi connectivity index (χ0) is 9.42. The Labute approximate surface area is 76.7 Å². The van der Waals surface area contributed by atoms with E-state index in [1.165, 1.54) is 0 Å². The molecule has 0 unspecified atom stereocenters. The molecule has 0 saturated carbocycles. The van der Waals surface area contributed by atoms with E-state index in [9.17, 15) is 4.79 Å². The van der Waals surface area contributed by atoms with Crippen LogP contribution in [0.5, 0.6) is 0 Å². The van der Waals surface area contributed by atoms with Gasteiger partial charge < -0.3 is 0 Å². The van der Waals surface area contributed by atoms with Crippen molar-refractivity contribution in [2.24, 2.45) is 0 Å². The third kappa shape index (κ3) is 0.967. The maximum atomic E-state index is 11.6. The van der Waals surface area contributed by atoms with E-state index >= 15 is 0 Å². The standard InChI is InChI=1S/C10H10N2O/c1-3-7-8-5-4-6-11-9(8)12(2)10(7)13/h3-6H,1-2H3/b7-3+. The highest BCUT2D eigenvalue weighted by Gasteiger charge is 2.29. The van der Waals surface area contributed by atoms with Crippen LogP contribution in [0.3, 0.4) is 0 Å². The summed E-state index contributed by atoms with van der Waals surface area (Å²) < 4.78 is 0. The van der Waals surface area contributed by atoms with Crippen LogP contribution in [0.25, 0.3) is 5.57 Å². The average molecular weight is 174 g/mol. The van der Waals surface area contributed by atoms with E-state index in [-0.39, 0.29) is 5.91 Å². The Kier molecular flexibility index (Phi) is 1.65. The SMILES string of the molecule is C/C=C1/C(=O)N(C)c2ncccc21. The van der Waals surface area contributed by atoms with E-state index in [0.29, 0.717) is 0 Å². The molecule has 0 saturated heterocycles. The predicted molar refractivity (Wildman–Crippen MR) is 51.3 cm³/mol. The molecule has 1 aromatic heterocycles. The number of fused-ring (bicyclic) bond motifs is 1. The van der Waals surface area contributed by atoms with Crippen molar-refractivity contribution in [1.29, 1.82) is 0 Å². The minimum atomic E-state index is 0.0243. The van der Waals surface area contributed by atoms with Gasteiger partial charge >= 0.3 is 0 Å². The number of carbonyl (C=O) groups excluding carboxylic acids is 1. The van der Waals surface area contributed by atoms with Crippen molar-refractivity contribution in [2.45, 2.75) is 6.92 Å². The molecule has 0 aromatic carbocycles. The first-order valence-corrected chi connectivity index (χ1v) is 4.15. The molecule has 2 rings (SSSR count). The lowest BCUT2D eigenvalue weighted by Crippen LogP contribution is -2.20. The third-order valence-electron chi connectivity index (χ3n) is 2.22. The number of pyridine rings is 1. The van der Waals surface area contributed by atoms with Crippen molar-refractivity contribution in [3.63, 3.8) is 0 Å². The number of aromatic nitrogens is 1. The van der Waals surface area contributed by atoms with Gasteiger partial charge in [-0.3, -0.25) is 9.69 Å². The monoisotopic (exact) mass is 174 g/mol. The van der Waals surface area contributed by atoms with Crippen LogP contribution in [-0.4, -0.2) is 17.9 Å². The van der Waals surface area contributed by atoms with Crippen molar-refractivity contribution < 1.29 is 4.79 Å². The number of likely N-dealkylation sites (N-methyl/N-ethyl adjacent to an activating group) is 1. The van der Waals surface area contributed by atoms with Gasteiger partial charge in [0.15, 0.2) is 0 Å². The maximum absolute atomic E-state index is 11.6. The Morgan fingerprint density at radius 2 is 2.31 bits per heavy atom. The van der Waals surface area contributed by atoms with Gasteiger partial charge in [0.25, 0.3) is 5.91 Å². The van der Waals surface area contributed by atoms with Crippen molar-refractivity contribution in [3.05, 3.63) is 30.0 Å². The van der Waals surface area contributed by atoms with E-state index < -0.39 is 0 Å². The summed E-state index contributed by atoms with van der Waals surface area (Å²) in [4.78, 5) is 17.3. The van der Waals surface area contributed by atoms with Gasteiger partial charge in [-0.15, -0.1) is 0 Å². The fourth-order valence-electron chi connectivity index (χ4n) is 1.55. The largest absolute Gasteiger partial charge is 0.295 e. The van der Waals surface area contributed by atoms with E-state index in [2.05, 4.69) is 4.98 Å². The number of hydrogen-bond acceptors (Lipinski definition) is 2. The second-order valence-corrected chi connectivity index (χ2v) is 2.94. The first kappa shape index (κ1) is 7.98. The zero-order valence-corrected chi connectivity index (χ0v) is 7.61. The van der Waals surface area contributed by atoms with Gasteiger partial charge in [-0.05, 0) is 19.1 Å². The van der Waals surface area contributed by atoms with Crippen LogP contribution in [0.2, 0.25) is 0 Å². The Hall–Kier alpha value is -1.64. The molecule has 1 aliphatic heterocycles. The second-order valence-electron chi connectivity index (χ2n) is 2.94.